The SMILES string of the molecule is CC(=O)Nc1ccc(S(=O)(=O)NCc2ccc(-c3nc(-c4ccc(C)cc4)cs3)cc2)cc1. The summed E-state index contributed by atoms with van der Waals surface area (Å²) in [5, 5.41) is 5.57. The maximum absolute atomic E-state index is 12.6. The van der Waals surface area contributed by atoms with Crippen LogP contribution in [-0.2, 0) is 21.4 Å². The molecular formula is C25H23N3O3S2. The highest BCUT2D eigenvalue weighted by Gasteiger charge is 2.14. The van der Waals surface area contributed by atoms with Crippen molar-refractivity contribution < 1.29 is 13.2 Å². The third-order valence-electron chi connectivity index (χ3n) is 5.00. The Kier molecular flexibility index (Phi) is 6.69. The van der Waals surface area contributed by atoms with Crippen molar-refractivity contribution in [1.82, 2.24) is 9.71 Å². The Labute approximate surface area is 197 Å². The smallest absolute Gasteiger partial charge is 0.240 e. The number of aromatic nitrogens is 1. The van der Waals surface area contributed by atoms with Crippen LogP contribution < -0.4 is 10.0 Å². The molecule has 33 heavy (non-hydrogen) atoms. The highest BCUT2D eigenvalue weighted by molar-refractivity contribution is 7.89. The summed E-state index contributed by atoms with van der Waals surface area (Å²) in [6.07, 6.45) is 0. The number of thiazole rings is 1. The van der Waals surface area contributed by atoms with Gasteiger partial charge in [-0.05, 0) is 36.8 Å². The van der Waals surface area contributed by atoms with Crippen molar-refractivity contribution in [1.29, 1.82) is 0 Å². The highest BCUT2D eigenvalue weighted by atomic mass is 32.2. The van der Waals surface area contributed by atoms with Gasteiger partial charge in [-0.2, -0.15) is 0 Å². The van der Waals surface area contributed by atoms with E-state index in [0.717, 1.165) is 27.4 Å². The molecule has 0 fully saturated rings. The molecule has 0 unspecified atom stereocenters. The van der Waals surface area contributed by atoms with Crippen molar-refractivity contribution in [2.24, 2.45) is 0 Å². The van der Waals surface area contributed by atoms with Gasteiger partial charge in [0.2, 0.25) is 15.9 Å². The number of carbonyl (C=O) groups excluding carboxylic acids is 1. The van der Waals surface area contributed by atoms with Gasteiger partial charge in [0, 0.05) is 35.7 Å². The summed E-state index contributed by atoms with van der Waals surface area (Å²) in [5.41, 5.74) is 5.61. The van der Waals surface area contributed by atoms with Crippen molar-refractivity contribution in [2.75, 3.05) is 5.32 Å². The number of amides is 1. The molecule has 4 aromatic rings. The van der Waals surface area contributed by atoms with Crippen molar-refractivity contribution in [3.8, 4) is 21.8 Å². The van der Waals surface area contributed by atoms with Crippen LogP contribution in [-0.4, -0.2) is 19.3 Å². The van der Waals surface area contributed by atoms with Crippen LogP contribution in [0.25, 0.3) is 21.8 Å². The van der Waals surface area contributed by atoms with Crippen LogP contribution in [0.3, 0.4) is 0 Å². The molecule has 0 bridgehead atoms. The maximum Gasteiger partial charge on any atom is 0.240 e. The number of nitrogens with zero attached hydrogens (tertiary/aromatic N) is 1. The van der Waals surface area contributed by atoms with Crippen molar-refractivity contribution in [3.63, 3.8) is 0 Å². The Bertz CT molecular complexity index is 1360. The van der Waals surface area contributed by atoms with E-state index in [-0.39, 0.29) is 17.3 Å². The van der Waals surface area contributed by atoms with E-state index in [1.165, 1.54) is 24.6 Å². The normalized spacial score (nSPS) is 11.3. The third-order valence-corrected chi connectivity index (χ3v) is 7.31. The molecule has 0 radical (unpaired) electrons. The van der Waals surface area contributed by atoms with Gasteiger partial charge in [0.05, 0.1) is 10.6 Å². The second kappa shape index (κ2) is 9.66. The van der Waals surface area contributed by atoms with E-state index in [9.17, 15) is 13.2 Å². The molecule has 0 aliphatic rings. The number of sulfonamides is 1. The Morgan fingerprint density at radius 3 is 2.18 bits per heavy atom. The predicted molar refractivity (Wildman–Crippen MR) is 132 cm³/mol. The van der Waals surface area contributed by atoms with E-state index in [1.54, 1.807) is 23.5 Å². The molecule has 1 aromatic heterocycles. The van der Waals surface area contributed by atoms with E-state index in [2.05, 4.69) is 41.2 Å². The molecule has 1 amide bonds. The molecule has 0 aliphatic carbocycles. The van der Waals surface area contributed by atoms with E-state index in [4.69, 9.17) is 4.98 Å². The van der Waals surface area contributed by atoms with Gasteiger partial charge in [-0.1, -0.05) is 54.1 Å². The van der Waals surface area contributed by atoms with E-state index in [0.29, 0.717) is 5.69 Å². The second-order valence-corrected chi connectivity index (χ2v) is 10.3. The van der Waals surface area contributed by atoms with Crippen molar-refractivity contribution >= 4 is 33.0 Å². The molecule has 0 aliphatic heterocycles. The van der Waals surface area contributed by atoms with E-state index in [1.807, 2.05) is 29.6 Å². The van der Waals surface area contributed by atoms with Crippen molar-refractivity contribution in [3.05, 3.63) is 89.3 Å². The van der Waals surface area contributed by atoms with Crippen LogP contribution in [0.2, 0.25) is 0 Å². The largest absolute Gasteiger partial charge is 0.326 e. The molecular weight excluding hydrogens is 454 g/mol. The van der Waals surface area contributed by atoms with Gasteiger partial charge >= 0.3 is 0 Å². The van der Waals surface area contributed by atoms with Gasteiger partial charge in [0.15, 0.2) is 0 Å². The number of hydrogen-bond donors (Lipinski definition) is 2. The summed E-state index contributed by atoms with van der Waals surface area (Å²) < 4.78 is 27.8. The molecule has 8 heteroatoms. The number of rotatable bonds is 7. The lowest BCUT2D eigenvalue weighted by molar-refractivity contribution is -0.114. The number of benzene rings is 3. The molecule has 0 atom stereocenters. The zero-order valence-corrected chi connectivity index (χ0v) is 19.8. The van der Waals surface area contributed by atoms with Gasteiger partial charge in [0.25, 0.3) is 0 Å². The molecule has 0 saturated heterocycles. The zero-order valence-electron chi connectivity index (χ0n) is 18.2. The van der Waals surface area contributed by atoms with Crippen LogP contribution in [0.15, 0.2) is 83.1 Å². The average Bonchev–Trinajstić information content (AvgIpc) is 3.29. The first-order valence-corrected chi connectivity index (χ1v) is 12.7. The first-order chi connectivity index (χ1) is 15.8. The van der Waals surface area contributed by atoms with Gasteiger partial charge in [-0.3, -0.25) is 4.79 Å². The van der Waals surface area contributed by atoms with Crippen LogP contribution in [0.4, 0.5) is 5.69 Å². The first-order valence-electron chi connectivity index (χ1n) is 10.3. The number of aryl methyl sites for hydroxylation is 1. The molecule has 6 nitrogen and oxygen atoms in total. The van der Waals surface area contributed by atoms with Crippen molar-refractivity contribution in [2.45, 2.75) is 25.3 Å². The van der Waals surface area contributed by atoms with E-state index < -0.39 is 10.0 Å². The highest BCUT2D eigenvalue weighted by Crippen LogP contribution is 2.29. The van der Waals surface area contributed by atoms with Crippen LogP contribution in [0.1, 0.15) is 18.1 Å². The monoisotopic (exact) mass is 477 g/mol. The Balaban J connectivity index is 1.40. The van der Waals surface area contributed by atoms with Gasteiger partial charge in [0.1, 0.15) is 5.01 Å². The fourth-order valence-corrected chi connectivity index (χ4v) is 5.06. The summed E-state index contributed by atoms with van der Waals surface area (Å²) in [5.74, 6) is -0.212. The number of nitrogens with one attached hydrogen (secondary N) is 2. The molecule has 1 heterocycles. The molecule has 2 N–H and O–H groups in total. The lowest BCUT2D eigenvalue weighted by Crippen LogP contribution is -2.23. The minimum atomic E-state index is -3.67. The zero-order chi connectivity index (χ0) is 23.4. The summed E-state index contributed by atoms with van der Waals surface area (Å²) in [7, 11) is -3.67. The van der Waals surface area contributed by atoms with Crippen LogP contribution in [0.5, 0.6) is 0 Å². The quantitative estimate of drug-likeness (QED) is 0.382. The Hall–Kier alpha value is -3.33. The number of anilines is 1. The third kappa shape index (κ3) is 5.73. The minimum Gasteiger partial charge on any atom is -0.326 e. The summed E-state index contributed by atoms with van der Waals surface area (Å²) in [4.78, 5) is 16.0. The lowest BCUT2D eigenvalue weighted by Gasteiger charge is -2.08. The molecule has 0 spiro atoms. The Morgan fingerprint density at radius 1 is 0.909 bits per heavy atom. The average molecular weight is 478 g/mol. The second-order valence-electron chi connectivity index (χ2n) is 7.63. The Morgan fingerprint density at radius 2 is 1.55 bits per heavy atom. The first kappa shape index (κ1) is 22.8. The maximum atomic E-state index is 12.6. The molecule has 0 saturated carbocycles. The summed E-state index contributed by atoms with van der Waals surface area (Å²) >= 11 is 1.58. The van der Waals surface area contributed by atoms with E-state index >= 15 is 0 Å². The standard InChI is InChI=1S/C25H23N3O3S2/c1-17-3-7-20(8-4-17)24-16-32-25(28-24)21-9-5-19(6-10-21)15-26-33(30,31)23-13-11-22(12-14-23)27-18(2)29/h3-14,16,26H,15H2,1-2H3,(H,27,29). The fourth-order valence-electron chi connectivity index (χ4n) is 3.21. The number of carbonyl (C=O) groups is 1. The molecule has 3 aromatic carbocycles. The summed E-state index contributed by atoms with van der Waals surface area (Å²) in [6.45, 7) is 3.62. The minimum absolute atomic E-state index is 0.139. The predicted octanol–water partition coefficient (Wildman–Crippen LogP) is 5.22. The van der Waals surface area contributed by atoms with Gasteiger partial charge in [-0.15, -0.1) is 11.3 Å². The fraction of sp³-hybridized carbons (Fsp3) is 0.120. The molecule has 4 rings (SSSR count). The molecule has 168 valence electrons. The lowest BCUT2D eigenvalue weighted by atomic mass is 10.1. The van der Waals surface area contributed by atoms with Crippen LogP contribution >= 0.6 is 11.3 Å². The summed E-state index contributed by atoms with van der Waals surface area (Å²) in [6, 6.07) is 22.0. The van der Waals surface area contributed by atoms with Gasteiger partial charge in [-0.25, -0.2) is 18.1 Å². The van der Waals surface area contributed by atoms with Gasteiger partial charge < -0.3 is 5.32 Å². The van der Waals surface area contributed by atoms with Crippen LogP contribution in [0, 0.1) is 6.92 Å². The number of hydrogen-bond acceptors (Lipinski definition) is 5. The topological polar surface area (TPSA) is 88.2 Å².